The highest BCUT2D eigenvalue weighted by Crippen LogP contribution is 2.22. The Morgan fingerprint density at radius 3 is 2.48 bits per heavy atom. The molecule has 2 aromatic carbocycles. The molecule has 0 aromatic heterocycles. The van der Waals surface area contributed by atoms with E-state index in [1.165, 1.54) is 12.1 Å². The van der Waals surface area contributed by atoms with Gasteiger partial charge in [0.05, 0.1) is 4.92 Å². The zero-order valence-corrected chi connectivity index (χ0v) is 14.2. The van der Waals surface area contributed by atoms with Crippen LogP contribution in [0.4, 0.5) is 11.4 Å². The van der Waals surface area contributed by atoms with Crippen LogP contribution in [0.1, 0.15) is 22.3 Å². The van der Waals surface area contributed by atoms with Crippen LogP contribution in [0, 0.1) is 42.2 Å². The Morgan fingerprint density at radius 2 is 1.88 bits per heavy atom. The first-order valence-corrected chi connectivity index (χ1v) is 7.57. The minimum absolute atomic E-state index is 0.0548. The maximum Gasteiger partial charge on any atom is 0.272 e. The number of benzene rings is 2. The summed E-state index contributed by atoms with van der Waals surface area (Å²) in [6.45, 7) is 5.44. The molecule has 2 rings (SSSR count). The molecule has 0 aliphatic heterocycles. The highest BCUT2D eigenvalue weighted by Gasteiger charge is 2.14. The Bertz CT molecular complexity index is 924. The van der Waals surface area contributed by atoms with E-state index in [0.29, 0.717) is 16.8 Å². The lowest BCUT2D eigenvalue weighted by atomic mass is 10.1. The van der Waals surface area contributed by atoms with Crippen molar-refractivity contribution < 1.29 is 9.72 Å². The van der Waals surface area contributed by atoms with Gasteiger partial charge in [-0.3, -0.25) is 14.9 Å². The van der Waals surface area contributed by atoms with Gasteiger partial charge in [-0.2, -0.15) is 5.26 Å². The van der Waals surface area contributed by atoms with Crippen molar-refractivity contribution in [3.63, 3.8) is 0 Å². The molecule has 0 radical (unpaired) electrons. The van der Waals surface area contributed by atoms with E-state index in [1.807, 2.05) is 32.0 Å². The molecular weight excluding hydrogens is 318 g/mol. The van der Waals surface area contributed by atoms with E-state index in [9.17, 15) is 20.2 Å². The highest BCUT2D eigenvalue weighted by atomic mass is 16.6. The van der Waals surface area contributed by atoms with Crippen LogP contribution in [-0.4, -0.2) is 10.8 Å². The fourth-order valence-electron chi connectivity index (χ4n) is 2.37. The number of carbonyl (C=O) groups excluding carboxylic acids is 1. The summed E-state index contributed by atoms with van der Waals surface area (Å²) in [5, 5.41) is 23.0. The van der Waals surface area contributed by atoms with E-state index < -0.39 is 10.8 Å². The molecule has 0 spiro atoms. The molecule has 0 saturated carbocycles. The molecule has 0 aliphatic rings. The first kappa shape index (κ1) is 17.9. The molecule has 1 amide bonds. The van der Waals surface area contributed by atoms with Crippen molar-refractivity contribution in [1.82, 2.24) is 0 Å². The minimum atomic E-state index is -0.558. The molecule has 25 heavy (non-hydrogen) atoms. The first-order valence-electron chi connectivity index (χ1n) is 7.57. The van der Waals surface area contributed by atoms with Gasteiger partial charge in [0.15, 0.2) is 0 Å². The third-order valence-corrected chi connectivity index (χ3v) is 3.74. The number of nitrogens with one attached hydrogen (secondary N) is 1. The van der Waals surface area contributed by atoms with Crippen LogP contribution in [0.25, 0.3) is 6.08 Å². The molecular formula is C19H17N3O3. The number of anilines is 1. The van der Waals surface area contributed by atoms with Crippen molar-refractivity contribution >= 4 is 23.4 Å². The molecule has 0 saturated heterocycles. The Hall–Kier alpha value is -3.46. The Morgan fingerprint density at radius 1 is 1.16 bits per heavy atom. The predicted octanol–water partition coefficient (Wildman–Crippen LogP) is 4.07. The summed E-state index contributed by atoms with van der Waals surface area (Å²) in [5.74, 6) is -0.558. The zero-order chi connectivity index (χ0) is 18.6. The molecule has 1 N–H and O–H groups in total. The molecule has 0 heterocycles. The average Bonchev–Trinajstić information content (AvgIpc) is 2.56. The molecule has 0 aliphatic carbocycles. The van der Waals surface area contributed by atoms with Crippen LogP contribution < -0.4 is 5.32 Å². The van der Waals surface area contributed by atoms with Gasteiger partial charge in [0.2, 0.25) is 0 Å². The summed E-state index contributed by atoms with van der Waals surface area (Å²) in [6.07, 6.45) is 1.34. The molecule has 0 atom stereocenters. The summed E-state index contributed by atoms with van der Waals surface area (Å²) >= 11 is 0. The summed E-state index contributed by atoms with van der Waals surface area (Å²) in [5.41, 5.74) is 3.32. The number of nitro groups is 1. The van der Waals surface area contributed by atoms with Crippen molar-refractivity contribution in [3.05, 3.63) is 74.3 Å². The second kappa shape index (κ2) is 7.41. The molecule has 0 fully saturated rings. The van der Waals surface area contributed by atoms with E-state index in [2.05, 4.69) is 5.32 Å². The van der Waals surface area contributed by atoms with Crippen LogP contribution in [-0.2, 0) is 4.79 Å². The van der Waals surface area contributed by atoms with Crippen molar-refractivity contribution in [2.24, 2.45) is 0 Å². The highest BCUT2D eigenvalue weighted by molar-refractivity contribution is 6.10. The number of aryl methyl sites for hydroxylation is 3. The zero-order valence-electron chi connectivity index (χ0n) is 14.2. The third kappa shape index (κ3) is 4.30. The topological polar surface area (TPSA) is 96.0 Å². The first-order chi connectivity index (χ1) is 11.8. The number of hydrogen-bond acceptors (Lipinski definition) is 4. The fourth-order valence-corrected chi connectivity index (χ4v) is 2.37. The number of nitrogens with zero attached hydrogens (tertiary/aromatic N) is 2. The van der Waals surface area contributed by atoms with Gasteiger partial charge in [-0.15, -0.1) is 0 Å². The smallest absolute Gasteiger partial charge is 0.272 e. The van der Waals surface area contributed by atoms with E-state index >= 15 is 0 Å². The van der Waals surface area contributed by atoms with Crippen molar-refractivity contribution in [2.75, 3.05) is 5.32 Å². The number of nitro benzene ring substituents is 1. The monoisotopic (exact) mass is 335 g/mol. The van der Waals surface area contributed by atoms with Crippen molar-refractivity contribution in [1.29, 1.82) is 5.26 Å². The summed E-state index contributed by atoms with van der Waals surface area (Å²) in [7, 11) is 0. The van der Waals surface area contributed by atoms with Gasteiger partial charge in [0.1, 0.15) is 11.6 Å². The van der Waals surface area contributed by atoms with Crippen molar-refractivity contribution in [3.8, 4) is 6.07 Å². The maximum absolute atomic E-state index is 12.3. The lowest BCUT2D eigenvalue weighted by Crippen LogP contribution is -2.14. The number of carbonyl (C=O) groups is 1. The van der Waals surface area contributed by atoms with E-state index in [1.54, 1.807) is 25.1 Å². The summed E-state index contributed by atoms with van der Waals surface area (Å²) in [6, 6.07) is 12.0. The van der Waals surface area contributed by atoms with Crippen LogP contribution in [0.15, 0.2) is 42.0 Å². The van der Waals surface area contributed by atoms with Crippen LogP contribution in [0.3, 0.4) is 0 Å². The second-order valence-corrected chi connectivity index (χ2v) is 5.75. The van der Waals surface area contributed by atoms with Crippen LogP contribution in [0.2, 0.25) is 0 Å². The number of rotatable bonds is 4. The van der Waals surface area contributed by atoms with Gasteiger partial charge in [-0.1, -0.05) is 29.8 Å². The second-order valence-electron chi connectivity index (χ2n) is 5.75. The van der Waals surface area contributed by atoms with E-state index in [4.69, 9.17) is 0 Å². The molecule has 6 nitrogen and oxygen atoms in total. The Labute approximate surface area is 145 Å². The standard InChI is InChI=1S/C19H17N3O3/c1-12-4-7-17(14(3)8-12)21-19(23)16(11-20)9-15-6-5-13(2)18(10-15)22(24)25/h4-10H,1-3H3,(H,21,23)/b16-9+. The normalized spacial score (nSPS) is 10.9. The minimum Gasteiger partial charge on any atom is -0.321 e. The predicted molar refractivity (Wildman–Crippen MR) is 96.0 cm³/mol. The molecule has 0 unspecified atom stereocenters. The molecule has 2 aromatic rings. The lowest BCUT2D eigenvalue weighted by Gasteiger charge is -2.08. The Balaban J connectivity index is 2.31. The van der Waals surface area contributed by atoms with E-state index in [0.717, 1.165) is 11.1 Å². The largest absolute Gasteiger partial charge is 0.321 e. The van der Waals surface area contributed by atoms with Gasteiger partial charge >= 0.3 is 0 Å². The van der Waals surface area contributed by atoms with Crippen LogP contribution in [0.5, 0.6) is 0 Å². The van der Waals surface area contributed by atoms with Gasteiger partial charge < -0.3 is 5.32 Å². The lowest BCUT2D eigenvalue weighted by molar-refractivity contribution is -0.385. The van der Waals surface area contributed by atoms with Gasteiger partial charge in [-0.05, 0) is 44.0 Å². The van der Waals surface area contributed by atoms with Gasteiger partial charge in [-0.25, -0.2) is 0 Å². The van der Waals surface area contributed by atoms with Gasteiger partial charge in [0, 0.05) is 17.3 Å². The van der Waals surface area contributed by atoms with Crippen LogP contribution >= 0.6 is 0 Å². The summed E-state index contributed by atoms with van der Waals surface area (Å²) < 4.78 is 0. The van der Waals surface area contributed by atoms with Crippen molar-refractivity contribution in [2.45, 2.75) is 20.8 Å². The summed E-state index contributed by atoms with van der Waals surface area (Å²) in [4.78, 5) is 22.9. The number of nitriles is 1. The Kier molecular flexibility index (Phi) is 5.30. The number of amides is 1. The molecule has 6 heteroatoms. The van der Waals surface area contributed by atoms with Gasteiger partial charge in [0.25, 0.3) is 11.6 Å². The molecule has 126 valence electrons. The molecule has 0 bridgehead atoms. The fraction of sp³-hybridized carbons (Fsp3) is 0.158. The average molecular weight is 335 g/mol. The number of hydrogen-bond donors (Lipinski definition) is 1. The quantitative estimate of drug-likeness (QED) is 0.394. The maximum atomic E-state index is 12.3. The third-order valence-electron chi connectivity index (χ3n) is 3.74. The SMILES string of the molecule is Cc1ccc(NC(=O)/C(C#N)=C/c2ccc(C)c([N+](=O)[O-])c2)c(C)c1. The van der Waals surface area contributed by atoms with E-state index in [-0.39, 0.29) is 11.3 Å².